The van der Waals surface area contributed by atoms with E-state index < -0.39 is 0 Å². The average molecular weight is 299 g/mol. The first-order valence-electron chi connectivity index (χ1n) is 7.52. The summed E-state index contributed by atoms with van der Waals surface area (Å²) in [6.07, 6.45) is 5.86. The minimum absolute atomic E-state index is 0.774. The van der Waals surface area contributed by atoms with E-state index in [1.54, 1.807) is 0 Å². The highest BCUT2D eigenvalue weighted by Gasteiger charge is 2.10. The highest BCUT2D eigenvalue weighted by molar-refractivity contribution is 5.56. The molecule has 6 nitrogen and oxygen atoms in total. The molecule has 22 heavy (non-hydrogen) atoms. The minimum Gasteiger partial charge on any atom is -0.460 e. The fourth-order valence-corrected chi connectivity index (χ4v) is 2.48. The molecule has 0 fully saturated rings. The van der Waals surface area contributed by atoms with Gasteiger partial charge in [0.05, 0.1) is 12.4 Å². The van der Waals surface area contributed by atoms with Crippen LogP contribution in [-0.2, 0) is 13.0 Å². The number of aryl methyl sites for hydroxylation is 3. The van der Waals surface area contributed by atoms with Crippen LogP contribution in [0.4, 0.5) is 0 Å². The van der Waals surface area contributed by atoms with Crippen molar-refractivity contribution in [3.63, 3.8) is 0 Å². The van der Waals surface area contributed by atoms with E-state index in [2.05, 4.69) is 32.6 Å². The van der Waals surface area contributed by atoms with Crippen LogP contribution < -0.4 is 5.32 Å². The van der Waals surface area contributed by atoms with E-state index in [0.717, 1.165) is 54.4 Å². The number of nitrogens with one attached hydrogen (secondary N) is 3. The molecule has 0 spiro atoms. The summed E-state index contributed by atoms with van der Waals surface area (Å²) in [6.45, 7) is 5.72. The molecule has 3 aromatic heterocycles. The normalized spacial score (nSPS) is 11.2. The summed E-state index contributed by atoms with van der Waals surface area (Å²) < 4.78 is 5.65. The van der Waals surface area contributed by atoms with E-state index in [-0.39, 0.29) is 0 Å². The molecule has 0 aromatic carbocycles. The maximum Gasteiger partial charge on any atom is 0.152 e. The van der Waals surface area contributed by atoms with E-state index in [1.165, 1.54) is 5.56 Å². The third-order valence-electron chi connectivity index (χ3n) is 3.75. The van der Waals surface area contributed by atoms with Crippen LogP contribution in [0.2, 0.25) is 0 Å². The van der Waals surface area contributed by atoms with Gasteiger partial charge >= 0.3 is 0 Å². The Morgan fingerprint density at radius 1 is 1.09 bits per heavy atom. The van der Waals surface area contributed by atoms with E-state index in [4.69, 9.17) is 4.42 Å². The van der Waals surface area contributed by atoms with E-state index in [1.807, 2.05) is 31.5 Å². The lowest BCUT2D eigenvalue weighted by molar-refractivity contribution is 0.545. The summed E-state index contributed by atoms with van der Waals surface area (Å²) in [6, 6.07) is 3.93. The van der Waals surface area contributed by atoms with Gasteiger partial charge in [0.25, 0.3) is 0 Å². The Labute approximate surface area is 129 Å². The highest BCUT2D eigenvalue weighted by Crippen LogP contribution is 2.23. The highest BCUT2D eigenvalue weighted by atomic mass is 16.3. The molecule has 0 saturated carbocycles. The Bertz CT molecular complexity index is 724. The molecule has 0 aliphatic carbocycles. The quantitative estimate of drug-likeness (QED) is 0.586. The first-order chi connectivity index (χ1) is 10.7. The van der Waals surface area contributed by atoms with Crippen LogP contribution in [0, 0.1) is 13.8 Å². The third-order valence-corrected chi connectivity index (χ3v) is 3.75. The summed E-state index contributed by atoms with van der Waals surface area (Å²) in [5.74, 6) is 1.74. The number of aromatic amines is 2. The molecule has 0 bridgehead atoms. The number of nitrogens with zero attached hydrogens (tertiary/aromatic N) is 2. The maximum absolute atomic E-state index is 5.65. The second-order valence-corrected chi connectivity index (χ2v) is 5.48. The van der Waals surface area contributed by atoms with Crippen LogP contribution in [0.1, 0.15) is 29.0 Å². The fraction of sp³-hybridized carbons (Fsp3) is 0.375. The Morgan fingerprint density at radius 3 is 2.64 bits per heavy atom. The van der Waals surface area contributed by atoms with Crippen molar-refractivity contribution in [1.82, 2.24) is 25.7 Å². The molecule has 0 saturated heterocycles. The topological polar surface area (TPSA) is 82.5 Å². The van der Waals surface area contributed by atoms with Crippen molar-refractivity contribution in [3.8, 4) is 11.5 Å². The molecule has 3 heterocycles. The SMILES string of the molecule is Cc1ccc(-c2[nH]ncc2CNCCCc2cn[nH]c2C)o1. The summed E-state index contributed by atoms with van der Waals surface area (Å²) >= 11 is 0. The summed E-state index contributed by atoms with van der Waals surface area (Å²) in [5.41, 5.74) is 4.52. The van der Waals surface area contributed by atoms with Crippen LogP contribution in [0.5, 0.6) is 0 Å². The molecule has 0 atom stereocenters. The Morgan fingerprint density at radius 2 is 1.91 bits per heavy atom. The van der Waals surface area contributed by atoms with Crippen LogP contribution in [0.25, 0.3) is 11.5 Å². The summed E-state index contributed by atoms with van der Waals surface area (Å²) in [7, 11) is 0. The van der Waals surface area contributed by atoms with Gasteiger partial charge in [-0.05, 0) is 50.9 Å². The summed E-state index contributed by atoms with van der Waals surface area (Å²) in [5, 5.41) is 17.6. The standard InChI is InChI=1S/C16H21N5O/c1-11-5-6-15(22-11)16-14(10-19-21-16)8-17-7-3-4-13-9-18-20-12(13)2/h5-6,9-10,17H,3-4,7-8H2,1-2H3,(H,18,20)(H,19,21). The zero-order valence-corrected chi connectivity index (χ0v) is 12.9. The minimum atomic E-state index is 0.774. The average Bonchev–Trinajstić information content (AvgIpc) is 3.21. The number of aromatic nitrogens is 4. The van der Waals surface area contributed by atoms with E-state index in [9.17, 15) is 0 Å². The van der Waals surface area contributed by atoms with Crippen molar-refractivity contribution in [3.05, 3.63) is 47.1 Å². The van der Waals surface area contributed by atoms with Crippen molar-refractivity contribution < 1.29 is 4.42 Å². The zero-order chi connectivity index (χ0) is 15.4. The zero-order valence-electron chi connectivity index (χ0n) is 12.9. The van der Waals surface area contributed by atoms with Crippen molar-refractivity contribution in [2.45, 2.75) is 33.2 Å². The predicted octanol–water partition coefficient (Wildman–Crippen LogP) is 2.73. The molecule has 0 radical (unpaired) electrons. The Balaban J connectivity index is 1.48. The van der Waals surface area contributed by atoms with Gasteiger partial charge in [-0.2, -0.15) is 10.2 Å². The van der Waals surface area contributed by atoms with Crippen molar-refractivity contribution in [1.29, 1.82) is 0 Å². The monoisotopic (exact) mass is 299 g/mol. The first kappa shape index (κ1) is 14.6. The van der Waals surface area contributed by atoms with Crippen molar-refractivity contribution >= 4 is 0 Å². The Kier molecular flexibility index (Phi) is 4.39. The van der Waals surface area contributed by atoms with Crippen LogP contribution in [0.15, 0.2) is 28.9 Å². The second kappa shape index (κ2) is 6.62. The van der Waals surface area contributed by atoms with Gasteiger partial charge in [0, 0.05) is 17.8 Å². The van der Waals surface area contributed by atoms with Crippen LogP contribution >= 0.6 is 0 Å². The van der Waals surface area contributed by atoms with Crippen molar-refractivity contribution in [2.75, 3.05) is 6.54 Å². The van der Waals surface area contributed by atoms with Gasteiger partial charge in [-0.1, -0.05) is 0 Å². The van der Waals surface area contributed by atoms with Crippen LogP contribution in [0.3, 0.4) is 0 Å². The number of furan rings is 1. The molecular weight excluding hydrogens is 278 g/mol. The third kappa shape index (κ3) is 3.28. The molecule has 3 N–H and O–H groups in total. The molecule has 0 aliphatic heterocycles. The number of H-pyrrole nitrogens is 2. The lowest BCUT2D eigenvalue weighted by Gasteiger charge is -2.04. The maximum atomic E-state index is 5.65. The van der Waals surface area contributed by atoms with Crippen LogP contribution in [-0.4, -0.2) is 26.9 Å². The van der Waals surface area contributed by atoms with E-state index >= 15 is 0 Å². The van der Waals surface area contributed by atoms with Gasteiger partial charge in [0.2, 0.25) is 0 Å². The molecule has 0 aliphatic rings. The molecular formula is C16H21N5O. The van der Waals surface area contributed by atoms with Gasteiger partial charge in [-0.3, -0.25) is 10.2 Å². The second-order valence-electron chi connectivity index (χ2n) is 5.48. The smallest absolute Gasteiger partial charge is 0.152 e. The molecule has 0 amide bonds. The van der Waals surface area contributed by atoms with Gasteiger partial charge in [-0.15, -0.1) is 0 Å². The number of hydrogen-bond acceptors (Lipinski definition) is 4. The fourth-order valence-electron chi connectivity index (χ4n) is 2.48. The summed E-state index contributed by atoms with van der Waals surface area (Å²) in [4.78, 5) is 0. The molecule has 3 rings (SSSR count). The number of hydrogen-bond donors (Lipinski definition) is 3. The van der Waals surface area contributed by atoms with Crippen molar-refractivity contribution in [2.24, 2.45) is 0 Å². The molecule has 116 valence electrons. The van der Waals surface area contributed by atoms with Gasteiger partial charge in [0.1, 0.15) is 11.5 Å². The van der Waals surface area contributed by atoms with Gasteiger partial charge < -0.3 is 9.73 Å². The largest absolute Gasteiger partial charge is 0.460 e. The number of rotatable bonds is 7. The molecule has 0 unspecified atom stereocenters. The van der Waals surface area contributed by atoms with E-state index in [0.29, 0.717) is 0 Å². The van der Waals surface area contributed by atoms with Gasteiger partial charge in [-0.25, -0.2) is 0 Å². The Hall–Kier alpha value is -2.34. The van der Waals surface area contributed by atoms with Gasteiger partial charge in [0.15, 0.2) is 5.76 Å². The lowest BCUT2D eigenvalue weighted by Crippen LogP contribution is -2.15. The molecule has 6 heteroatoms. The first-order valence-corrected chi connectivity index (χ1v) is 7.52. The lowest BCUT2D eigenvalue weighted by atomic mass is 10.1. The molecule has 3 aromatic rings. The predicted molar refractivity (Wildman–Crippen MR) is 84.4 cm³/mol.